The van der Waals surface area contributed by atoms with Gasteiger partial charge in [-0.2, -0.15) is 0 Å². The largest absolute Gasteiger partial charge is 0.489 e. The number of carbonyl (C=O) groups is 4. The molecule has 1 fully saturated rings. The van der Waals surface area contributed by atoms with Gasteiger partial charge in [-0.15, -0.1) is 0 Å². The van der Waals surface area contributed by atoms with Crippen LogP contribution in [0.4, 0.5) is 4.79 Å². The Hall–Kier alpha value is -3.92. The maximum atomic E-state index is 13.1. The first-order valence-corrected chi connectivity index (χ1v) is 15.2. The Kier molecular flexibility index (Phi) is 10.4. The summed E-state index contributed by atoms with van der Waals surface area (Å²) in [6, 6.07) is 12.6. The topological polar surface area (TPSA) is 108 Å². The van der Waals surface area contributed by atoms with Crippen LogP contribution in [0, 0.1) is 0 Å². The molecule has 0 aliphatic carbocycles. The van der Waals surface area contributed by atoms with Gasteiger partial charge in [-0.05, 0) is 76.5 Å². The Morgan fingerprint density at radius 3 is 2.35 bits per heavy atom. The molecule has 1 atom stereocenters. The van der Waals surface area contributed by atoms with Gasteiger partial charge in [0.1, 0.15) is 24.0 Å². The zero-order valence-corrected chi connectivity index (χ0v) is 26.0. The molecule has 10 nitrogen and oxygen atoms in total. The summed E-state index contributed by atoms with van der Waals surface area (Å²) >= 11 is 0. The number of rotatable bonds is 12. The lowest BCUT2D eigenvalue weighted by molar-refractivity contribution is -0.136. The number of hydrogen-bond donors (Lipinski definition) is 1. The van der Waals surface area contributed by atoms with Crippen molar-refractivity contribution in [1.29, 1.82) is 0 Å². The normalized spacial score (nSPS) is 16.7. The van der Waals surface area contributed by atoms with Crippen LogP contribution in [-0.4, -0.2) is 76.3 Å². The highest BCUT2D eigenvalue weighted by Crippen LogP contribution is 2.34. The average molecular weight is 593 g/mol. The predicted octanol–water partition coefficient (Wildman–Crippen LogP) is 4.50. The number of imide groups is 1. The van der Waals surface area contributed by atoms with Crippen LogP contribution in [0.25, 0.3) is 0 Å². The summed E-state index contributed by atoms with van der Waals surface area (Å²) in [5.74, 6) is -0.387. The fourth-order valence-corrected chi connectivity index (χ4v) is 5.40. The lowest BCUT2D eigenvalue weighted by Crippen LogP contribution is -2.52. The van der Waals surface area contributed by atoms with Crippen LogP contribution < -0.4 is 10.1 Å². The molecule has 0 aromatic heterocycles. The van der Waals surface area contributed by atoms with Gasteiger partial charge in [0, 0.05) is 30.6 Å². The Morgan fingerprint density at radius 1 is 1.00 bits per heavy atom. The first-order valence-electron chi connectivity index (χ1n) is 15.2. The van der Waals surface area contributed by atoms with E-state index in [0.717, 1.165) is 42.7 Å². The summed E-state index contributed by atoms with van der Waals surface area (Å²) in [6.07, 6.45) is 1.06. The SMILES string of the molecule is CCN(CC)CCCN(Cc1ccc(COc2cccc3c2CN(C2CCC(=O)NC2=O)C3=O)cc1)C(=O)OC(C)(C)C. The molecule has 10 heteroatoms. The van der Waals surface area contributed by atoms with Gasteiger partial charge in [0.25, 0.3) is 5.91 Å². The molecule has 4 rings (SSSR count). The summed E-state index contributed by atoms with van der Waals surface area (Å²) in [7, 11) is 0. The van der Waals surface area contributed by atoms with Crippen molar-refractivity contribution in [2.45, 2.75) is 85.2 Å². The van der Waals surface area contributed by atoms with E-state index in [2.05, 4.69) is 24.1 Å². The molecule has 2 aromatic rings. The van der Waals surface area contributed by atoms with E-state index in [0.29, 0.717) is 37.4 Å². The van der Waals surface area contributed by atoms with E-state index in [1.807, 2.05) is 51.1 Å². The minimum Gasteiger partial charge on any atom is -0.489 e. The number of hydrogen-bond acceptors (Lipinski definition) is 7. The number of piperidine rings is 1. The van der Waals surface area contributed by atoms with Gasteiger partial charge < -0.3 is 24.2 Å². The summed E-state index contributed by atoms with van der Waals surface area (Å²) in [6.45, 7) is 14.4. The van der Waals surface area contributed by atoms with Gasteiger partial charge in [-0.1, -0.05) is 44.2 Å². The van der Waals surface area contributed by atoms with Gasteiger partial charge >= 0.3 is 6.09 Å². The molecule has 4 amide bonds. The molecule has 43 heavy (non-hydrogen) atoms. The molecule has 2 aliphatic heterocycles. The molecule has 0 bridgehead atoms. The van der Waals surface area contributed by atoms with Crippen molar-refractivity contribution in [1.82, 2.24) is 20.0 Å². The van der Waals surface area contributed by atoms with Crippen LogP contribution >= 0.6 is 0 Å². The maximum Gasteiger partial charge on any atom is 0.410 e. The molecular formula is C33H44N4O6. The number of fused-ring (bicyclic) bond motifs is 1. The van der Waals surface area contributed by atoms with Crippen molar-refractivity contribution in [3.8, 4) is 5.75 Å². The summed E-state index contributed by atoms with van der Waals surface area (Å²) in [5, 5.41) is 2.33. The molecule has 1 saturated heterocycles. The van der Waals surface area contributed by atoms with E-state index in [9.17, 15) is 19.2 Å². The predicted molar refractivity (Wildman–Crippen MR) is 162 cm³/mol. The summed E-state index contributed by atoms with van der Waals surface area (Å²) < 4.78 is 11.8. The van der Waals surface area contributed by atoms with Gasteiger partial charge in [0.2, 0.25) is 11.8 Å². The fraction of sp³-hybridized carbons (Fsp3) is 0.515. The van der Waals surface area contributed by atoms with Crippen molar-refractivity contribution in [3.05, 3.63) is 64.7 Å². The quantitative estimate of drug-likeness (QED) is 0.362. The minimum absolute atomic E-state index is 0.210. The molecule has 0 radical (unpaired) electrons. The molecule has 2 aromatic carbocycles. The molecular weight excluding hydrogens is 548 g/mol. The van der Waals surface area contributed by atoms with Crippen molar-refractivity contribution in [2.24, 2.45) is 0 Å². The standard InChI is InChI=1S/C33H44N4O6/c1-6-35(7-2)18-9-19-36(32(41)43-33(3,4)5)20-23-12-14-24(15-13-23)22-42-28-11-8-10-25-26(28)21-37(31(25)40)27-16-17-29(38)34-30(27)39/h8,10-15,27H,6-7,9,16-22H2,1-5H3,(H,34,38,39). The summed E-state index contributed by atoms with van der Waals surface area (Å²) in [4.78, 5) is 55.7. The average Bonchev–Trinajstić information content (AvgIpc) is 3.30. The van der Waals surface area contributed by atoms with Crippen LogP contribution in [0.15, 0.2) is 42.5 Å². The molecule has 2 aliphatic rings. The van der Waals surface area contributed by atoms with Crippen LogP contribution in [-0.2, 0) is 34.0 Å². The third-order valence-electron chi connectivity index (χ3n) is 7.78. The Labute approximate surface area is 254 Å². The maximum absolute atomic E-state index is 13.1. The van der Waals surface area contributed by atoms with Gasteiger partial charge in [-0.3, -0.25) is 19.7 Å². The monoisotopic (exact) mass is 592 g/mol. The zero-order valence-electron chi connectivity index (χ0n) is 26.0. The number of carbonyl (C=O) groups excluding carboxylic acids is 4. The second-order valence-corrected chi connectivity index (χ2v) is 12.1. The number of benzene rings is 2. The van der Waals surface area contributed by atoms with Gasteiger partial charge in [-0.25, -0.2) is 4.79 Å². The van der Waals surface area contributed by atoms with E-state index in [1.165, 1.54) is 4.90 Å². The highest BCUT2D eigenvalue weighted by Gasteiger charge is 2.40. The molecule has 232 valence electrons. The lowest BCUT2D eigenvalue weighted by Gasteiger charge is -2.29. The highest BCUT2D eigenvalue weighted by atomic mass is 16.6. The minimum atomic E-state index is -0.671. The summed E-state index contributed by atoms with van der Waals surface area (Å²) in [5.41, 5.74) is 2.62. The van der Waals surface area contributed by atoms with E-state index < -0.39 is 17.6 Å². The molecule has 1 N–H and O–H groups in total. The zero-order chi connectivity index (χ0) is 31.1. The van der Waals surface area contributed by atoms with Crippen molar-refractivity contribution < 1.29 is 28.7 Å². The number of nitrogens with one attached hydrogen (secondary N) is 1. The van der Waals surface area contributed by atoms with E-state index in [4.69, 9.17) is 9.47 Å². The lowest BCUT2D eigenvalue weighted by atomic mass is 10.0. The van der Waals surface area contributed by atoms with E-state index in [-0.39, 0.29) is 30.9 Å². The molecule has 0 spiro atoms. The van der Waals surface area contributed by atoms with Crippen LogP contribution in [0.2, 0.25) is 0 Å². The number of ether oxygens (including phenoxy) is 2. The van der Waals surface area contributed by atoms with E-state index in [1.54, 1.807) is 17.0 Å². The first kappa shape index (κ1) is 32.0. The molecule has 1 unspecified atom stereocenters. The Morgan fingerprint density at radius 2 is 1.70 bits per heavy atom. The van der Waals surface area contributed by atoms with Crippen molar-refractivity contribution in [2.75, 3.05) is 26.2 Å². The van der Waals surface area contributed by atoms with Crippen molar-refractivity contribution >= 4 is 23.8 Å². The third kappa shape index (κ3) is 8.34. The van der Waals surface area contributed by atoms with Gasteiger partial charge in [0.05, 0.1) is 6.54 Å². The first-order chi connectivity index (χ1) is 20.5. The molecule has 0 saturated carbocycles. The van der Waals surface area contributed by atoms with E-state index >= 15 is 0 Å². The number of amides is 4. The smallest absolute Gasteiger partial charge is 0.410 e. The fourth-order valence-electron chi connectivity index (χ4n) is 5.40. The van der Waals surface area contributed by atoms with Crippen LogP contribution in [0.5, 0.6) is 5.75 Å². The number of nitrogens with zero attached hydrogens (tertiary/aromatic N) is 3. The van der Waals surface area contributed by atoms with Crippen LogP contribution in [0.3, 0.4) is 0 Å². The third-order valence-corrected chi connectivity index (χ3v) is 7.78. The highest BCUT2D eigenvalue weighted by molar-refractivity contribution is 6.05. The van der Waals surface area contributed by atoms with Gasteiger partial charge in [0.15, 0.2) is 0 Å². The Bertz CT molecular complexity index is 1320. The molecule has 2 heterocycles. The second kappa shape index (κ2) is 14.0. The second-order valence-electron chi connectivity index (χ2n) is 12.1. The Balaban J connectivity index is 1.38. The van der Waals surface area contributed by atoms with Crippen molar-refractivity contribution in [3.63, 3.8) is 0 Å². The van der Waals surface area contributed by atoms with Crippen LogP contribution in [0.1, 0.15) is 80.9 Å².